The predicted octanol–water partition coefficient (Wildman–Crippen LogP) is 3.53. The number of nitrogens with zero attached hydrogens (tertiary/aromatic N) is 2. The van der Waals surface area contributed by atoms with Crippen LogP contribution in [0.5, 0.6) is 5.75 Å². The summed E-state index contributed by atoms with van der Waals surface area (Å²) in [5, 5.41) is 3.47. The lowest BCUT2D eigenvalue weighted by Crippen LogP contribution is -2.35. The molecule has 0 radical (unpaired) electrons. The maximum atomic E-state index is 5.26. The van der Waals surface area contributed by atoms with Crippen LogP contribution in [0.15, 0.2) is 35.2 Å². The van der Waals surface area contributed by atoms with Crippen LogP contribution in [-0.2, 0) is 6.54 Å². The van der Waals surface area contributed by atoms with Crippen LogP contribution in [0.3, 0.4) is 0 Å². The first kappa shape index (κ1) is 15.1. The zero-order valence-corrected chi connectivity index (χ0v) is 13.9. The molecule has 4 nitrogen and oxygen atoms in total. The lowest BCUT2D eigenvalue weighted by molar-refractivity contribution is 0.412. The third-order valence-corrected chi connectivity index (χ3v) is 3.55. The number of benzene rings is 1. The molecule has 0 bridgehead atoms. The normalized spacial score (nSPS) is 11.7. The molecule has 0 aliphatic heterocycles. The van der Waals surface area contributed by atoms with Gasteiger partial charge in [-0.05, 0) is 54.9 Å². The monoisotopic (exact) mass is 337 g/mol. The minimum Gasteiger partial charge on any atom is -0.496 e. The van der Waals surface area contributed by atoms with Gasteiger partial charge in [0, 0.05) is 24.0 Å². The SMILES string of the molecule is COc1ccc(-n2cncc2CNC(C)(C)C)cc1Br. The fourth-order valence-electron chi connectivity index (χ4n) is 1.85. The molecule has 0 saturated heterocycles. The molecule has 2 aromatic rings. The van der Waals surface area contributed by atoms with Gasteiger partial charge in [0.2, 0.25) is 0 Å². The van der Waals surface area contributed by atoms with Gasteiger partial charge in [-0.3, -0.25) is 0 Å². The van der Waals surface area contributed by atoms with Crippen molar-refractivity contribution >= 4 is 15.9 Å². The molecule has 1 N–H and O–H groups in total. The Morgan fingerprint density at radius 3 is 2.70 bits per heavy atom. The van der Waals surface area contributed by atoms with E-state index in [-0.39, 0.29) is 5.54 Å². The van der Waals surface area contributed by atoms with Crippen molar-refractivity contribution in [2.45, 2.75) is 32.9 Å². The van der Waals surface area contributed by atoms with Crippen molar-refractivity contribution in [3.8, 4) is 11.4 Å². The van der Waals surface area contributed by atoms with Crippen molar-refractivity contribution < 1.29 is 4.74 Å². The second kappa shape index (κ2) is 5.97. The van der Waals surface area contributed by atoms with Crippen LogP contribution in [0.2, 0.25) is 0 Å². The third kappa shape index (κ3) is 3.61. The number of hydrogen-bond acceptors (Lipinski definition) is 3. The van der Waals surface area contributed by atoms with Crippen LogP contribution in [0.25, 0.3) is 5.69 Å². The molecule has 0 spiro atoms. The Morgan fingerprint density at radius 2 is 2.10 bits per heavy atom. The molecule has 0 aliphatic rings. The van der Waals surface area contributed by atoms with Crippen molar-refractivity contribution in [2.24, 2.45) is 0 Å². The van der Waals surface area contributed by atoms with E-state index in [1.807, 2.05) is 30.7 Å². The Balaban J connectivity index is 2.25. The molecule has 0 saturated carbocycles. The summed E-state index contributed by atoms with van der Waals surface area (Å²) in [4.78, 5) is 4.25. The Bertz CT molecular complexity index is 587. The lowest BCUT2D eigenvalue weighted by atomic mass is 10.1. The highest BCUT2D eigenvalue weighted by Gasteiger charge is 2.12. The highest BCUT2D eigenvalue weighted by Crippen LogP contribution is 2.27. The van der Waals surface area contributed by atoms with Gasteiger partial charge >= 0.3 is 0 Å². The van der Waals surface area contributed by atoms with Gasteiger partial charge in [-0.1, -0.05) is 0 Å². The summed E-state index contributed by atoms with van der Waals surface area (Å²) < 4.78 is 8.26. The molecule has 0 atom stereocenters. The molecular weight excluding hydrogens is 318 g/mol. The predicted molar refractivity (Wildman–Crippen MR) is 84.4 cm³/mol. The number of halogens is 1. The fourth-order valence-corrected chi connectivity index (χ4v) is 2.38. The Hall–Kier alpha value is -1.33. The lowest BCUT2D eigenvalue weighted by Gasteiger charge is -2.21. The van der Waals surface area contributed by atoms with Crippen molar-refractivity contribution in [1.82, 2.24) is 14.9 Å². The van der Waals surface area contributed by atoms with E-state index in [1.54, 1.807) is 7.11 Å². The van der Waals surface area contributed by atoms with Gasteiger partial charge < -0.3 is 14.6 Å². The van der Waals surface area contributed by atoms with Gasteiger partial charge in [0.25, 0.3) is 0 Å². The number of rotatable bonds is 4. The summed E-state index contributed by atoms with van der Waals surface area (Å²) in [6, 6.07) is 5.99. The van der Waals surface area contributed by atoms with Crippen molar-refractivity contribution in [2.75, 3.05) is 7.11 Å². The van der Waals surface area contributed by atoms with Gasteiger partial charge in [-0.2, -0.15) is 0 Å². The van der Waals surface area contributed by atoms with E-state index in [4.69, 9.17) is 4.74 Å². The van der Waals surface area contributed by atoms with E-state index in [0.29, 0.717) is 0 Å². The summed E-state index contributed by atoms with van der Waals surface area (Å²) in [7, 11) is 1.66. The van der Waals surface area contributed by atoms with E-state index in [9.17, 15) is 0 Å². The largest absolute Gasteiger partial charge is 0.496 e. The Labute approximate surface area is 128 Å². The van der Waals surface area contributed by atoms with E-state index >= 15 is 0 Å². The number of ether oxygens (including phenoxy) is 1. The molecule has 0 aliphatic carbocycles. The molecule has 1 aromatic carbocycles. The fraction of sp³-hybridized carbons (Fsp3) is 0.400. The number of methoxy groups -OCH3 is 1. The highest BCUT2D eigenvalue weighted by molar-refractivity contribution is 9.10. The topological polar surface area (TPSA) is 39.1 Å². The Kier molecular flexibility index (Phi) is 4.50. The summed E-state index contributed by atoms with van der Waals surface area (Å²) in [6.07, 6.45) is 3.71. The number of aromatic nitrogens is 2. The van der Waals surface area contributed by atoms with Crippen LogP contribution < -0.4 is 10.1 Å². The summed E-state index contributed by atoms with van der Waals surface area (Å²) >= 11 is 3.51. The van der Waals surface area contributed by atoms with Crippen LogP contribution in [-0.4, -0.2) is 22.2 Å². The summed E-state index contributed by atoms with van der Waals surface area (Å²) in [6.45, 7) is 7.22. The van der Waals surface area contributed by atoms with E-state index in [2.05, 4.69) is 51.6 Å². The van der Waals surface area contributed by atoms with E-state index in [0.717, 1.165) is 28.1 Å². The van der Waals surface area contributed by atoms with E-state index in [1.165, 1.54) is 0 Å². The molecular formula is C15H20BrN3O. The zero-order chi connectivity index (χ0) is 14.8. The molecule has 0 unspecified atom stereocenters. The molecule has 5 heteroatoms. The maximum absolute atomic E-state index is 5.26. The number of hydrogen-bond donors (Lipinski definition) is 1. The van der Waals surface area contributed by atoms with Gasteiger partial charge in [-0.15, -0.1) is 0 Å². The van der Waals surface area contributed by atoms with Crippen molar-refractivity contribution in [3.05, 3.63) is 40.9 Å². The smallest absolute Gasteiger partial charge is 0.133 e. The van der Waals surface area contributed by atoms with Gasteiger partial charge in [0.15, 0.2) is 0 Å². The van der Waals surface area contributed by atoms with Gasteiger partial charge in [0.05, 0.1) is 23.6 Å². The molecule has 1 aromatic heterocycles. The molecule has 0 amide bonds. The minimum atomic E-state index is 0.0790. The number of nitrogens with one attached hydrogen (secondary N) is 1. The molecule has 1 heterocycles. The van der Waals surface area contributed by atoms with Gasteiger partial charge in [0.1, 0.15) is 5.75 Å². The van der Waals surface area contributed by atoms with Crippen LogP contribution in [0.4, 0.5) is 0 Å². The zero-order valence-electron chi connectivity index (χ0n) is 12.3. The average Bonchev–Trinajstić information content (AvgIpc) is 2.83. The first-order chi connectivity index (χ1) is 9.40. The first-order valence-corrected chi connectivity index (χ1v) is 7.30. The first-order valence-electron chi connectivity index (χ1n) is 6.51. The maximum Gasteiger partial charge on any atom is 0.133 e. The van der Waals surface area contributed by atoms with Crippen LogP contribution >= 0.6 is 15.9 Å². The minimum absolute atomic E-state index is 0.0790. The van der Waals surface area contributed by atoms with Crippen molar-refractivity contribution in [1.29, 1.82) is 0 Å². The number of imidazole rings is 1. The molecule has 20 heavy (non-hydrogen) atoms. The highest BCUT2D eigenvalue weighted by atomic mass is 79.9. The Morgan fingerprint density at radius 1 is 1.35 bits per heavy atom. The molecule has 0 fully saturated rings. The average molecular weight is 338 g/mol. The summed E-state index contributed by atoms with van der Waals surface area (Å²) in [5.74, 6) is 0.822. The quantitative estimate of drug-likeness (QED) is 0.927. The standard InChI is InChI=1S/C15H20BrN3O/c1-15(2,3)18-9-12-8-17-10-19(12)11-5-6-14(20-4)13(16)7-11/h5-8,10,18H,9H2,1-4H3. The van der Waals surface area contributed by atoms with Crippen molar-refractivity contribution in [3.63, 3.8) is 0 Å². The molecule has 108 valence electrons. The van der Waals surface area contributed by atoms with Gasteiger partial charge in [-0.25, -0.2) is 4.98 Å². The summed E-state index contributed by atoms with van der Waals surface area (Å²) in [5.41, 5.74) is 2.26. The second-order valence-electron chi connectivity index (χ2n) is 5.68. The molecule has 2 rings (SSSR count). The van der Waals surface area contributed by atoms with Crippen LogP contribution in [0, 0.1) is 0 Å². The third-order valence-electron chi connectivity index (χ3n) is 2.93. The van der Waals surface area contributed by atoms with E-state index < -0.39 is 0 Å². The second-order valence-corrected chi connectivity index (χ2v) is 6.53. The van der Waals surface area contributed by atoms with Crippen LogP contribution in [0.1, 0.15) is 26.5 Å².